The average Bonchev–Trinajstić information content (AvgIpc) is 2.87. The Morgan fingerprint density at radius 3 is 3.00 bits per heavy atom. The van der Waals surface area contributed by atoms with Gasteiger partial charge in [-0.1, -0.05) is 11.2 Å². The molecule has 0 aliphatic heterocycles. The van der Waals surface area contributed by atoms with E-state index in [1.165, 1.54) is 12.8 Å². The zero-order valence-corrected chi connectivity index (χ0v) is 7.03. The number of nitrogens with zero attached hydrogens (tertiary/aromatic N) is 1. The van der Waals surface area contributed by atoms with E-state index in [2.05, 4.69) is 5.16 Å². The fourth-order valence-corrected chi connectivity index (χ4v) is 1.62. The molecule has 1 aromatic heterocycles. The van der Waals surface area contributed by atoms with Gasteiger partial charge in [0.15, 0.2) is 5.75 Å². The van der Waals surface area contributed by atoms with E-state index in [1.54, 1.807) is 6.07 Å². The Kier molecular flexibility index (Phi) is 1.20. The van der Waals surface area contributed by atoms with Crippen molar-refractivity contribution >= 4 is 11.0 Å². The van der Waals surface area contributed by atoms with Crippen LogP contribution in [-0.2, 0) is 0 Å². The number of para-hydroxylation sites is 1. The van der Waals surface area contributed by atoms with Crippen LogP contribution in [0.25, 0.3) is 11.0 Å². The smallest absolute Gasteiger partial charge is 0.208 e. The van der Waals surface area contributed by atoms with E-state index in [9.17, 15) is 5.11 Å². The summed E-state index contributed by atoms with van der Waals surface area (Å²) in [6.07, 6.45) is 2.38. The summed E-state index contributed by atoms with van der Waals surface area (Å²) in [6.45, 7) is 0. The molecular weight excluding hydrogens is 166 g/mol. The zero-order chi connectivity index (χ0) is 8.84. The van der Waals surface area contributed by atoms with Gasteiger partial charge in [-0.15, -0.1) is 0 Å². The monoisotopic (exact) mass is 175 g/mol. The molecule has 1 saturated carbocycles. The summed E-state index contributed by atoms with van der Waals surface area (Å²) in [5.74, 6) is 0.736. The lowest BCUT2D eigenvalue weighted by atomic mass is 10.1. The maximum absolute atomic E-state index is 9.45. The highest BCUT2D eigenvalue weighted by molar-refractivity contribution is 5.85. The Labute approximate surface area is 75.0 Å². The largest absolute Gasteiger partial charge is 0.504 e. The lowest BCUT2D eigenvalue weighted by molar-refractivity contribution is 0.417. The van der Waals surface area contributed by atoms with Crippen molar-refractivity contribution < 1.29 is 9.63 Å². The Bertz CT molecular complexity index is 457. The summed E-state index contributed by atoms with van der Waals surface area (Å²) in [5, 5.41) is 14.4. The van der Waals surface area contributed by atoms with Gasteiger partial charge in [0, 0.05) is 11.3 Å². The van der Waals surface area contributed by atoms with Crippen LogP contribution in [-0.4, -0.2) is 10.3 Å². The molecule has 1 fully saturated rings. The van der Waals surface area contributed by atoms with Crippen molar-refractivity contribution in [2.75, 3.05) is 0 Å². The molecule has 3 rings (SSSR count). The van der Waals surface area contributed by atoms with Gasteiger partial charge in [-0.05, 0) is 25.0 Å². The summed E-state index contributed by atoms with van der Waals surface area (Å²) < 4.78 is 5.08. The van der Waals surface area contributed by atoms with Crippen LogP contribution in [0.1, 0.15) is 24.5 Å². The molecule has 0 unspecified atom stereocenters. The lowest BCUT2D eigenvalue weighted by Gasteiger charge is -1.91. The summed E-state index contributed by atoms with van der Waals surface area (Å²) in [5.41, 5.74) is 1.52. The maximum atomic E-state index is 9.45. The number of phenols is 1. The normalized spacial score (nSPS) is 16.6. The average molecular weight is 175 g/mol. The predicted octanol–water partition coefficient (Wildman–Crippen LogP) is 2.41. The Morgan fingerprint density at radius 2 is 2.23 bits per heavy atom. The highest BCUT2D eigenvalue weighted by Gasteiger charge is 2.29. The molecule has 2 aromatic rings. The Hall–Kier alpha value is -1.51. The molecule has 1 aliphatic carbocycles. The van der Waals surface area contributed by atoms with E-state index in [-0.39, 0.29) is 5.75 Å². The maximum Gasteiger partial charge on any atom is 0.208 e. The highest BCUT2D eigenvalue weighted by atomic mass is 16.5. The Morgan fingerprint density at radius 1 is 1.38 bits per heavy atom. The molecule has 1 N–H and O–H groups in total. The number of hydrogen-bond acceptors (Lipinski definition) is 3. The van der Waals surface area contributed by atoms with Gasteiger partial charge in [0.1, 0.15) is 0 Å². The third-order valence-electron chi connectivity index (χ3n) is 2.47. The SMILES string of the molecule is Oc1cccc2c(C3CC3)noc12. The van der Waals surface area contributed by atoms with Gasteiger partial charge < -0.3 is 9.63 Å². The van der Waals surface area contributed by atoms with Gasteiger partial charge in [0.2, 0.25) is 5.58 Å². The molecule has 66 valence electrons. The first-order chi connectivity index (χ1) is 6.36. The predicted molar refractivity (Wildman–Crippen MR) is 47.6 cm³/mol. The number of hydrogen-bond donors (Lipinski definition) is 1. The molecule has 1 heterocycles. The first kappa shape index (κ1) is 6.95. The van der Waals surface area contributed by atoms with Crippen molar-refractivity contribution in [2.45, 2.75) is 18.8 Å². The van der Waals surface area contributed by atoms with E-state index in [0.717, 1.165) is 11.1 Å². The van der Waals surface area contributed by atoms with Crippen LogP contribution in [0.3, 0.4) is 0 Å². The van der Waals surface area contributed by atoms with Gasteiger partial charge >= 0.3 is 0 Å². The van der Waals surface area contributed by atoms with Gasteiger partial charge in [-0.3, -0.25) is 0 Å². The van der Waals surface area contributed by atoms with Crippen molar-refractivity contribution in [3.05, 3.63) is 23.9 Å². The summed E-state index contributed by atoms with van der Waals surface area (Å²) in [6, 6.07) is 5.38. The fraction of sp³-hybridized carbons (Fsp3) is 0.300. The van der Waals surface area contributed by atoms with E-state index in [1.807, 2.05) is 12.1 Å². The first-order valence-corrected chi connectivity index (χ1v) is 4.43. The Balaban J connectivity index is 2.32. The molecular formula is C10H9NO2. The van der Waals surface area contributed by atoms with E-state index >= 15 is 0 Å². The number of rotatable bonds is 1. The summed E-state index contributed by atoms with van der Waals surface area (Å²) in [7, 11) is 0. The van der Waals surface area contributed by atoms with Crippen molar-refractivity contribution in [1.82, 2.24) is 5.16 Å². The molecule has 0 saturated heterocycles. The highest BCUT2D eigenvalue weighted by Crippen LogP contribution is 2.43. The van der Waals surface area contributed by atoms with Gasteiger partial charge in [0.05, 0.1) is 5.69 Å². The van der Waals surface area contributed by atoms with Crippen LogP contribution >= 0.6 is 0 Å². The summed E-state index contributed by atoms with van der Waals surface area (Å²) in [4.78, 5) is 0. The van der Waals surface area contributed by atoms with Crippen LogP contribution in [0.2, 0.25) is 0 Å². The second-order valence-corrected chi connectivity index (χ2v) is 3.50. The van der Waals surface area contributed by atoms with Crippen molar-refractivity contribution in [3.8, 4) is 5.75 Å². The number of phenolic OH excluding ortho intramolecular Hbond substituents is 1. The van der Waals surface area contributed by atoms with Crippen LogP contribution in [0.5, 0.6) is 5.75 Å². The molecule has 0 radical (unpaired) electrons. The number of fused-ring (bicyclic) bond motifs is 1. The second-order valence-electron chi connectivity index (χ2n) is 3.50. The van der Waals surface area contributed by atoms with Crippen LogP contribution in [0, 0.1) is 0 Å². The van der Waals surface area contributed by atoms with Crippen LogP contribution < -0.4 is 0 Å². The second kappa shape index (κ2) is 2.25. The standard InChI is InChI=1S/C10H9NO2/c12-8-3-1-2-7-9(6-4-5-6)11-13-10(7)8/h1-3,6,12H,4-5H2. The van der Waals surface area contributed by atoms with Gasteiger partial charge in [0.25, 0.3) is 0 Å². The molecule has 1 aliphatic rings. The quantitative estimate of drug-likeness (QED) is 0.723. The number of aromatic hydroxyl groups is 1. The first-order valence-electron chi connectivity index (χ1n) is 4.43. The molecule has 3 nitrogen and oxygen atoms in total. The molecule has 0 atom stereocenters. The van der Waals surface area contributed by atoms with Crippen molar-refractivity contribution in [2.24, 2.45) is 0 Å². The fourth-order valence-electron chi connectivity index (χ4n) is 1.62. The zero-order valence-electron chi connectivity index (χ0n) is 7.03. The van der Waals surface area contributed by atoms with Crippen LogP contribution in [0.15, 0.2) is 22.7 Å². The molecule has 13 heavy (non-hydrogen) atoms. The molecule has 0 spiro atoms. The molecule has 1 aromatic carbocycles. The third-order valence-corrected chi connectivity index (χ3v) is 2.47. The summed E-state index contributed by atoms with van der Waals surface area (Å²) >= 11 is 0. The molecule has 0 bridgehead atoms. The van der Waals surface area contributed by atoms with E-state index in [4.69, 9.17) is 4.52 Å². The molecule has 3 heteroatoms. The lowest BCUT2D eigenvalue weighted by Crippen LogP contribution is -1.77. The van der Waals surface area contributed by atoms with Crippen LogP contribution in [0.4, 0.5) is 0 Å². The van der Waals surface area contributed by atoms with Crippen molar-refractivity contribution in [1.29, 1.82) is 0 Å². The van der Waals surface area contributed by atoms with Gasteiger partial charge in [-0.25, -0.2) is 0 Å². The topological polar surface area (TPSA) is 46.3 Å². The van der Waals surface area contributed by atoms with E-state index < -0.39 is 0 Å². The van der Waals surface area contributed by atoms with Gasteiger partial charge in [-0.2, -0.15) is 0 Å². The minimum Gasteiger partial charge on any atom is -0.504 e. The van der Waals surface area contributed by atoms with Crippen molar-refractivity contribution in [3.63, 3.8) is 0 Å². The number of aromatic nitrogens is 1. The molecule has 0 amide bonds. The minimum atomic E-state index is 0.178. The van der Waals surface area contributed by atoms with E-state index in [0.29, 0.717) is 11.5 Å². The minimum absolute atomic E-state index is 0.178. The number of benzene rings is 1. The third kappa shape index (κ3) is 0.932.